The average molecular weight is 259 g/mol. The maximum absolute atomic E-state index is 12.1. The molecule has 1 amide bonds. The molecule has 2 heterocycles. The Morgan fingerprint density at radius 2 is 2.32 bits per heavy atom. The van der Waals surface area contributed by atoms with Crippen LogP contribution in [-0.2, 0) is 4.79 Å². The monoisotopic (exact) mass is 259 g/mol. The topological polar surface area (TPSA) is 72.3 Å². The highest BCUT2D eigenvalue weighted by molar-refractivity contribution is 5.81. The van der Waals surface area contributed by atoms with E-state index in [1.54, 1.807) is 30.3 Å². The summed E-state index contributed by atoms with van der Waals surface area (Å²) in [6, 6.07) is 5.51. The Balaban J connectivity index is 2.02. The summed E-state index contributed by atoms with van der Waals surface area (Å²) in [6.45, 7) is 3.39. The van der Waals surface area contributed by atoms with Crippen LogP contribution in [0.1, 0.15) is 5.56 Å². The van der Waals surface area contributed by atoms with Crippen LogP contribution in [0.25, 0.3) is 0 Å². The van der Waals surface area contributed by atoms with Crippen molar-refractivity contribution in [2.24, 2.45) is 0 Å². The van der Waals surface area contributed by atoms with Crippen LogP contribution in [0, 0.1) is 11.3 Å². The zero-order chi connectivity index (χ0) is 13.7. The Kier molecular flexibility index (Phi) is 4.31. The molecule has 0 unspecified atom stereocenters. The highest BCUT2D eigenvalue weighted by Crippen LogP contribution is 2.14. The minimum atomic E-state index is 0.0681. The number of hydrogen-bond acceptors (Lipinski definition) is 5. The third kappa shape index (κ3) is 3.20. The summed E-state index contributed by atoms with van der Waals surface area (Å²) < 4.78 is 0. The molecule has 1 aliphatic rings. The number of nitriles is 1. The van der Waals surface area contributed by atoms with Gasteiger partial charge < -0.3 is 15.1 Å². The van der Waals surface area contributed by atoms with E-state index in [9.17, 15) is 4.79 Å². The van der Waals surface area contributed by atoms with E-state index in [1.165, 1.54) is 0 Å². The lowest BCUT2D eigenvalue weighted by Crippen LogP contribution is -2.49. The lowest BCUT2D eigenvalue weighted by atomic mass is 10.2. The molecule has 1 aliphatic heterocycles. The van der Waals surface area contributed by atoms with Crippen molar-refractivity contribution in [1.82, 2.24) is 15.2 Å². The van der Waals surface area contributed by atoms with Gasteiger partial charge in [0.2, 0.25) is 5.91 Å². The molecule has 1 aromatic rings. The molecule has 0 atom stereocenters. The summed E-state index contributed by atoms with van der Waals surface area (Å²) in [4.78, 5) is 19.9. The number of carbonyl (C=O) groups is 1. The van der Waals surface area contributed by atoms with E-state index in [4.69, 9.17) is 5.26 Å². The van der Waals surface area contributed by atoms with Gasteiger partial charge in [-0.3, -0.25) is 4.79 Å². The molecule has 0 aliphatic carbocycles. The van der Waals surface area contributed by atoms with Gasteiger partial charge in [0.05, 0.1) is 12.1 Å². The number of pyridine rings is 1. The first kappa shape index (κ1) is 13.3. The molecule has 2 rings (SSSR count). The number of nitrogens with zero attached hydrogens (tertiary/aromatic N) is 4. The third-order valence-corrected chi connectivity index (χ3v) is 3.11. The van der Waals surface area contributed by atoms with Crippen molar-refractivity contribution in [1.29, 1.82) is 5.26 Å². The summed E-state index contributed by atoms with van der Waals surface area (Å²) in [5.74, 6) is 0.618. The molecule has 19 heavy (non-hydrogen) atoms. The van der Waals surface area contributed by atoms with Gasteiger partial charge in [-0.1, -0.05) is 0 Å². The number of aromatic nitrogens is 1. The van der Waals surface area contributed by atoms with Crippen molar-refractivity contribution in [3.63, 3.8) is 0 Å². The molecular formula is C13H17N5O. The van der Waals surface area contributed by atoms with Gasteiger partial charge >= 0.3 is 0 Å². The van der Waals surface area contributed by atoms with Crippen molar-refractivity contribution >= 4 is 11.7 Å². The normalized spacial score (nSPS) is 14.8. The maximum atomic E-state index is 12.1. The van der Waals surface area contributed by atoms with E-state index in [-0.39, 0.29) is 12.5 Å². The van der Waals surface area contributed by atoms with E-state index in [0.717, 1.165) is 26.2 Å². The summed E-state index contributed by atoms with van der Waals surface area (Å²) in [5.41, 5.74) is 0.484. The van der Waals surface area contributed by atoms with E-state index in [2.05, 4.69) is 16.4 Å². The molecule has 1 saturated heterocycles. The van der Waals surface area contributed by atoms with Crippen LogP contribution >= 0.6 is 0 Å². The number of hydrogen-bond donors (Lipinski definition) is 1. The molecule has 0 saturated carbocycles. The Morgan fingerprint density at radius 3 is 3.00 bits per heavy atom. The minimum Gasteiger partial charge on any atom is -0.349 e. The highest BCUT2D eigenvalue weighted by atomic mass is 16.2. The van der Waals surface area contributed by atoms with Crippen molar-refractivity contribution in [2.75, 3.05) is 44.7 Å². The summed E-state index contributed by atoms with van der Waals surface area (Å²) >= 11 is 0. The first-order chi connectivity index (χ1) is 9.22. The van der Waals surface area contributed by atoms with Crippen LogP contribution in [0.15, 0.2) is 18.3 Å². The zero-order valence-electron chi connectivity index (χ0n) is 11.0. The van der Waals surface area contributed by atoms with Crippen LogP contribution in [0.5, 0.6) is 0 Å². The number of carbonyl (C=O) groups excluding carboxylic acids is 1. The van der Waals surface area contributed by atoms with Crippen molar-refractivity contribution < 1.29 is 4.79 Å². The number of nitrogens with one attached hydrogen (secondary N) is 1. The second-order valence-corrected chi connectivity index (χ2v) is 4.47. The van der Waals surface area contributed by atoms with Crippen LogP contribution < -0.4 is 10.2 Å². The highest BCUT2D eigenvalue weighted by Gasteiger charge is 2.19. The first-order valence-corrected chi connectivity index (χ1v) is 6.27. The Hall–Kier alpha value is -2.13. The van der Waals surface area contributed by atoms with Crippen LogP contribution in [-0.4, -0.2) is 55.6 Å². The number of anilines is 1. The molecule has 1 N–H and O–H groups in total. The van der Waals surface area contributed by atoms with Crippen molar-refractivity contribution in [2.45, 2.75) is 0 Å². The van der Waals surface area contributed by atoms with Crippen molar-refractivity contribution in [3.05, 3.63) is 23.9 Å². The fourth-order valence-electron chi connectivity index (χ4n) is 2.08. The van der Waals surface area contributed by atoms with Gasteiger partial charge in [0, 0.05) is 39.4 Å². The number of piperazine rings is 1. The minimum absolute atomic E-state index is 0.0681. The Labute approximate surface area is 112 Å². The molecule has 100 valence electrons. The molecule has 0 radical (unpaired) electrons. The average Bonchev–Trinajstić information content (AvgIpc) is 2.48. The van der Waals surface area contributed by atoms with Gasteiger partial charge in [-0.05, 0) is 12.1 Å². The zero-order valence-corrected chi connectivity index (χ0v) is 11.0. The lowest BCUT2D eigenvalue weighted by molar-refractivity contribution is -0.130. The van der Waals surface area contributed by atoms with Crippen molar-refractivity contribution in [3.8, 4) is 6.07 Å². The van der Waals surface area contributed by atoms with Crippen LogP contribution in [0.2, 0.25) is 0 Å². The Bertz CT molecular complexity index is 490. The number of rotatable bonds is 3. The third-order valence-electron chi connectivity index (χ3n) is 3.11. The molecule has 0 spiro atoms. The largest absolute Gasteiger partial charge is 0.349 e. The fraction of sp³-hybridized carbons (Fsp3) is 0.462. The number of amides is 1. The van der Waals surface area contributed by atoms with E-state index in [1.807, 2.05) is 4.90 Å². The van der Waals surface area contributed by atoms with Gasteiger partial charge in [0.25, 0.3) is 0 Å². The molecule has 1 fully saturated rings. The van der Waals surface area contributed by atoms with E-state index < -0.39 is 0 Å². The molecule has 0 bridgehead atoms. The van der Waals surface area contributed by atoms with E-state index >= 15 is 0 Å². The van der Waals surface area contributed by atoms with Gasteiger partial charge in [0.15, 0.2) is 0 Å². The standard InChI is InChI=1S/C13H17N5O/c1-17(13-11(9-14)3-2-4-16-13)10-12(19)18-7-5-15-6-8-18/h2-4,15H,5-8,10H2,1H3. The number of likely N-dealkylation sites (N-methyl/N-ethyl adjacent to an activating group) is 1. The molecule has 6 nitrogen and oxygen atoms in total. The molecule has 1 aromatic heterocycles. The second kappa shape index (κ2) is 6.16. The summed E-state index contributed by atoms with van der Waals surface area (Å²) in [5, 5.41) is 12.2. The summed E-state index contributed by atoms with van der Waals surface area (Å²) in [6.07, 6.45) is 1.63. The SMILES string of the molecule is CN(CC(=O)N1CCNCC1)c1ncccc1C#N. The van der Waals surface area contributed by atoms with Crippen LogP contribution in [0.4, 0.5) is 5.82 Å². The van der Waals surface area contributed by atoms with Gasteiger partial charge in [-0.15, -0.1) is 0 Å². The van der Waals surface area contributed by atoms with Crippen LogP contribution in [0.3, 0.4) is 0 Å². The smallest absolute Gasteiger partial charge is 0.242 e. The quantitative estimate of drug-likeness (QED) is 0.815. The summed E-state index contributed by atoms with van der Waals surface area (Å²) in [7, 11) is 1.78. The first-order valence-electron chi connectivity index (χ1n) is 6.27. The molecular weight excluding hydrogens is 242 g/mol. The molecule has 0 aromatic carbocycles. The van der Waals surface area contributed by atoms with E-state index in [0.29, 0.717) is 11.4 Å². The Morgan fingerprint density at radius 1 is 1.58 bits per heavy atom. The fourth-order valence-corrected chi connectivity index (χ4v) is 2.08. The van der Waals surface area contributed by atoms with Gasteiger partial charge in [-0.2, -0.15) is 5.26 Å². The maximum Gasteiger partial charge on any atom is 0.242 e. The molecule has 6 heteroatoms. The predicted molar refractivity (Wildman–Crippen MR) is 71.7 cm³/mol. The predicted octanol–water partition coefficient (Wildman–Crippen LogP) is -0.179. The van der Waals surface area contributed by atoms with Gasteiger partial charge in [-0.25, -0.2) is 4.98 Å². The second-order valence-electron chi connectivity index (χ2n) is 4.47. The van der Waals surface area contributed by atoms with Gasteiger partial charge in [0.1, 0.15) is 11.9 Å². The lowest BCUT2D eigenvalue weighted by Gasteiger charge is -2.29.